The van der Waals surface area contributed by atoms with E-state index in [1.54, 1.807) is 24.0 Å². The lowest BCUT2D eigenvalue weighted by atomic mass is 10.00. The second-order valence-corrected chi connectivity index (χ2v) is 6.03. The largest absolute Gasteiger partial charge is 0.329 e. The summed E-state index contributed by atoms with van der Waals surface area (Å²) in [7, 11) is 0. The molecular weight excluding hydrogens is 361 g/mol. The van der Waals surface area contributed by atoms with Crippen molar-refractivity contribution in [3.8, 4) is 0 Å². The van der Waals surface area contributed by atoms with Crippen LogP contribution in [0.3, 0.4) is 0 Å². The van der Waals surface area contributed by atoms with Crippen LogP contribution in [0.15, 0.2) is 42.5 Å². The summed E-state index contributed by atoms with van der Waals surface area (Å²) in [5, 5.41) is 14.1. The van der Waals surface area contributed by atoms with Crippen LogP contribution in [0.25, 0.3) is 0 Å². The van der Waals surface area contributed by atoms with Gasteiger partial charge in [-0.15, -0.1) is 12.4 Å². The predicted molar refractivity (Wildman–Crippen MR) is 98.1 cm³/mol. The summed E-state index contributed by atoms with van der Waals surface area (Å²) in [6.07, 6.45) is 0. The first-order chi connectivity index (χ1) is 12.0. The molecule has 1 fully saturated rings. The Hall–Kier alpha value is -2.51. The zero-order valence-corrected chi connectivity index (χ0v) is 15.0. The number of halogens is 2. The highest BCUT2D eigenvalue weighted by Gasteiger charge is 2.29. The minimum Gasteiger partial charge on any atom is -0.329 e. The lowest BCUT2D eigenvalue weighted by molar-refractivity contribution is -0.384. The molecule has 1 heterocycles. The van der Waals surface area contributed by atoms with Crippen molar-refractivity contribution >= 4 is 24.0 Å². The Kier molecular flexibility index (Phi) is 6.28. The van der Waals surface area contributed by atoms with E-state index in [0.717, 1.165) is 5.56 Å². The second-order valence-electron chi connectivity index (χ2n) is 6.03. The monoisotopic (exact) mass is 379 g/mol. The number of hydrogen-bond acceptors (Lipinski definition) is 4. The number of nitrogens with one attached hydrogen (secondary N) is 1. The van der Waals surface area contributed by atoms with E-state index >= 15 is 0 Å². The summed E-state index contributed by atoms with van der Waals surface area (Å²) in [4.78, 5) is 25.1. The van der Waals surface area contributed by atoms with E-state index in [9.17, 15) is 19.3 Å². The van der Waals surface area contributed by atoms with Crippen LogP contribution in [0.4, 0.5) is 10.1 Å². The molecule has 0 bridgehead atoms. The number of nitrogens with zero attached hydrogens (tertiary/aromatic N) is 2. The van der Waals surface area contributed by atoms with E-state index in [-0.39, 0.29) is 35.9 Å². The molecule has 0 aromatic heterocycles. The summed E-state index contributed by atoms with van der Waals surface area (Å²) in [6.45, 7) is 3.33. The van der Waals surface area contributed by atoms with Gasteiger partial charge in [-0.05, 0) is 36.2 Å². The molecular formula is C18H19ClFN3O3. The van der Waals surface area contributed by atoms with Crippen molar-refractivity contribution in [1.82, 2.24) is 10.2 Å². The third-order valence-electron chi connectivity index (χ3n) is 4.39. The SMILES string of the molecule is Cc1cc([N+](=O)[O-])ccc1C(=O)N1CCNCC1c1cccc(F)c1.Cl. The molecule has 26 heavy (non-hydrogen) atoms. The van der Waals surface area contributed by atoms with Crippen LogP contribution in [0.2, 0.25) is 0 Å². The van der Waals surface area contributed by atoms with Crippen molar-refractivity contribution in [2.24, 2.45) is 0 Å². The minimum atomic E-state index is -0.485. The molecule has 3 rings (SSSR count). The molecule has 0 radical (unpaired) electrons. The van der Waals surface area contributed by atoms with E-state index in [2.05, 4.69) is 5.32 Å². The van der Waals surface area contributed by atoms with Gasteiger partial charge in [-0.3, -0.25) is 14.9 Å². The van der Waals surface area contributed by atoms with Gasteiger partial charge in [-0.1, -0.05) is 12.1 Å². The van der Waals surface area contributed by atoms with Crippen LogP contribution < -0.4 is 5.32 Å². The first-order valence-corrected chi connectivity index (χ1v) is 7.99. The highest BCUT2D eigenvalue weighted by atomic mass is 35.5. The van der Waals surface area contributed by atoms with Crippen molar-refractivity contribution in [3.05, 3.63) is 75.1 Å². The fourth-order valence-corrected chi connectivity index (χ4v) is 3.12. The van der Waals surface area contributed by atoms with Gasteiger partial charge in [0.2, 0.25) is 0 Å². The number of aryl methyl sites for hydroxylation is 1. The number of amides is 1. The van der Waals surface area contributed by atoms with Gasteiger partial charge in [0, 0.05) is 37.3 Å². The normalized spacial score (nSPS) is 16.7. The minimum absolute atomic E-state index is 0. The Balaban J connectivity index is 0.00000243. The molecule has 8 heteroatoms. The first-order valence-electron chi connectivity index (χ1n) is 7.99. The summed E-state index contributed by atoms with van der Waals surface area (Å²) in [5.74, 6) is -0.551. The molecule has 0 aliphatic carbocycles. The van der Waals surface area contributed by atoms with Crippen LogP contribution in [0.1, 0.15) is 27.5 Å². The van der Waals surface area contributed by atoms with Crippen LogP contribution in [-0.2, 0) is 0 Å². The Labute approximate surface area is 156 Å². The number of rotatable bonds is 3. The standard InChI is InChI=1S/C18H18FN3O3.ClH/c1-12-9-15(22(24)25)5-6-16(12)18(23)21-8-7-20-11-17(21)13-3-2-4-14(19)10-13;/h2-6,9-10,17,20H,7-8,11H2,1H3;1H. The Bertz CT molecular complexity index is 831. The van der Waals surface area contributed by atoms with E-state index in [1.807, 2.05) is 0 Å². The topological polar surface area (TPSA) is 75.5 Å². The van der Waals surface area contributed by atoms with Crippen molar-refractivity contribution in [2.75, 3.05) is 19.6 Å². The van der Waals surface area contributed by atoms with Crippen LogP contribution in [0.5, 0.6) is 0 Å². The van der Waals surface area contributed by atoms with Crippen molar-refractivity contribution in [2.45, 2.75) is 13.0 Å². The van der Waals surface area contributed by atoms with Gasteiger partial charge in [0.05, 0.1) is 11.0 Å². The van der Waals surface area contributed by atoms with E-state index < -0.39 is 4.92 Å². The lowest BCUT2D eigenvalue weighted by Gasteiger charge is -2.37. The molecule has 2 aromatic rings. The molecule has 1 unspecified atom stereocenters. The van der Waals surface area contributed by atoms with Gasteiger partial charge in [0.25, 0.3) is 11.6 Å². The Morgan fingerprint density at radius 2 is 2.08 bits per heavy atom. The smallest absolute Gasteiger partial charge is 0.269 e. The van der Waals surface area contributed by atoms with Gasteiger partial charge >= 0.3 is 0 Å². The first kappa shape index (κ1) is 19.8. The number of nitro benzene ring substituents is 1. The Morgan fingerprint density at radius 3 is 2.73 bits per heavy atom. The fraction of sp³-hybridized carbons (Fsp3) is 0.278. The highest BCUT2D eigenvalue weighted by molar-refractivity contribution is 5.96. The number of carbonyl (C=O) groups excluding carboxylic acids is 1. The molecule has 1 amide bonds. The lowest BCUT2D eigenvalue weighted by Crippen LogP contribution is -2.48. The van der Waals surface area contributed by atoms with Gasteiger partial charge in [-0.2, -0.15) is 0 Å². The number of piperazine rings is 1. The maximum Gasteiger partial charge on any atom is 0.269 e. The molecule has 1 aliphatic heterocycles. The van der Waals surface area contributed by atoms with Crippen LogP contribution in [-0.4, -0.2) is 35.4 Å². The molecule has 0 spiro atoms. The van der Waals surface area contributed by atoms with Crippen molar-refractivity contribution < 1.29 is 14.1 Å². The Morgan fingerprint density at radius 1 is 1.31 bits per heavy atom. The number of nitro groups is 1. The average Bonchev–Trinajstić information content (AvgIpc) is 2.61. The summed E-state index contributed by atoms with van der Waals surface area (Å²) in [6, 6.07) is 10.1. The fourth-order valence-electron chi connectivity index (χ4n) is 3.12. The number of non-ortho nitro benzene ring substituents is 1. The van der Waals surface area contributed by atoms with Gasteiger partial charge in [0.1, 0.15) is 5.82 Å². The molecule has 6 nitrogen and oxygen atoms in total. The average molecular weight is 380 g/mol. The maximum atomic E-state index is 13.6. The highest BCUT2D eigenvalue weighted by Crippen LogP contribution is 2.26. The number of carbonyl (C=O) groups is 1. The quantitative estimate of drug-likeness (QED) is 0.656. The molecule has 1 aliphatic rings. The van der Waals surface area contributed by atoms with E-state index in [1.165, 1.54) is 30.3 Å². The van der Waals surface area contributed by atoms with Crippen molar-refractivity contribution in [3.63, 3.8) is 0 Å². The number of benzene rings is 2. The third kappa shape index (κ3) is 4.00. The molecule has 1 saturated heterocycles. The van der Waals surface area contributed by atoms with E-state index in [4.69, 9.17) is 0 Å². The maximum absolute atomic E-state index is 13.6. The summed E-state index contributed by atoms with van der Waals surface area (Å²) in [5.41, 5.74) is 1.65. The predicted octanol–water partition coefficient (Wildman–Crippen LogP) is 3.25. The molecule has 1 atom stereocenters. The summed E-state index contributed by atoms with van der Waals surface area (Å²) < 4.78 is 13.6. The molecule has 2 aromatic carbocycles. The van der Waals surface area contributed by atoms with Crippen molar-refractivity contribution in [1.29, 1.82) is 0 Å². The summed E-state index contributed by atoms with van der Waals surface area (Å²) >= 11 is 0. The van der Waals surface area contributed by atoms with Gasteiger partial charge in [-0.25, -0.2) is 4.39 Å². The zero-order valence-electron chi connectivity index (χ0n) is 14.1. The molecule has 0 saturated carbocycles. The molecule has 138 valence electrons. The van der Waals surface area contributed by atoms with E-state index in [0.29, 0.717) is 30.8 Å². The second kappa shape index (κ2) is 8.25. The van der Waals surface area contributed by atoms with Crippen LogP contribution in [0, 0.1) is 22.9 Å². The molecule has 1 N–H and O–H groups in total. The van der Waals surface area contributed by atoms with Crippen LogP contribution >= 0.6 is 12.4 Å². The number of hydrogen-bond donors (Lipinski definition) is 1. The van der Waals surface area contributed by atoms with Gasteiger partial charge in [0.15, 0.2) is 0 Å². The zero-order chi connectivity index (χ0) is 18.0. The third-order valence-corrected chi connectivity index (χ3v) is 4.39. The van der Waals surface area contributed by atoms with Gasteiger partial charge < -0.3 is 10.2 Å².